The number of benzene rings is 1. The number of rotatable bonds is 3. The average molecular weight is 481 g/mol. The van der Waals surface area contributed by atoms with E-state index in [0.29, 0.717) is 11.4 Å². The van der Waals surface area contributed by atoms with Gasteiger partial charge in [-0.3, -0.25) is 9.59 Å². The Labute approximate surface area is 198 Å². The number of hydrogen-bond donors (Lipinski definition) is 0. The molecule has 5 nitrogen and oxygen atoms in total. The highest BCUT2D eigenvalue weighted by Gasteiger charge is 2.67. The van der Waals surface area contributed by atoms with Gasteiger partial charge in [-0.2, -0.15) is 0 Å². The summed E-state index contributed by atoms with van der Waals surface area (Å²) in [5, 5.41) is 0.565. The standard InChI is InChI=1S/C25H31ClF2N2O3/c1-5-21(31)29-14-24(15-29)10-11-30(16(2)25(24,27)28)22(32)19-13-33-23(3,4)12-18(19)17-8-6-7-9-20(17)26/h5-9,16,18-19H,1,10-15H2,2-4H3/t16-,18+,19-/m0/s1. The van der Waals surface area contributed by atoms with Gasteiger partial charge in [0.2, 0.25) is 11.8 Å². The Bertz CT molecular complexity index is 961. The summed E-state index contributed by atoms with van der Waals surface area (Å²) in [5.41, 5.74) is -0.899. The zero-order valence-corrected chi connectivity index (χ0v) is 20.1. The number of halogens is 3. The molecule has 33 heavy (non-hydrogen) atoms. The van der Waals surface area contributed by atoms with Crippen LogP contribution in [0.2, 0.25) is 5.02 Å². The number of ether oxygens (including phenoxy) is 1. The van der Waals surface area contributed by atoms with Crippen LogP contribution in [0.4, 0.5) is 8.78 Å². The molecule has 180 valence electrons. The van der Waals surface area contributed by atoms with Crippen molar-refractivity contribution in [3.05, 3.63) is 47.5 Å². The van der Waals surface area contributed by atoms with Gasteiger partial charge in [-0.25, -0.2) is 8.78 Å². The van der Waals surface area contributed by atoms with E-state index in [9.17, 15) is 9.59 Å². The Morgan fingerprint density at radius 2 is 1.91 bits per heavy atom. The molecule has 2 amide bonds. The van der Waals surface area contributed by atoms with Gasteiger partial charge in [0.05, 0.1) is 29.6 Å². The molecule has 4 rings (SSSR count). The minimum atomic E-state index is -3.12. The van der Waals surface area contributed by atoms with E-state index in [0.717, 1.165) is 11.6 Å². The second kappa shape index (κ2) is 8.35. The summed E-state index contributed by atoms with van der Waals surface area (Å²) in [5.74, 6) is -4.60. The van der Waals surface area contributed by atoms with Gasteiger partial charge in [-0.15, -0.1) is 0 Å². The van der Waals surface area contributed by atoms with Gasteiger partial charge in [-0.05, 0) is 51.3 Å². The van der Waals surface area contributed by atoms with Gasteiger partial charge in [0, 0.05) is 30.6 Å². The number of carbonyl (C=O) groups is 2. The van der Waals surface area contributed by atoms with Gasteiger partial charge in [0.25, 0.3) is 5.92 Å². The SMILES string of the molecule is C=CC(=O)N1CC2(CCN(C(=O)[C@H]3COC(C)(C)C[C@@H]3c3ccccc3Cl)[C@@H](C)C2(F)F)C1. The van der Waals surface area contributed by atoms with E-state index < -0.39 is 28.9 Å². The second-order valence-electron chi connectivity index (χ2n) is 10.3. The molecule has 0 radical (unpaired) electrons. The molecule has 0 unspecified atom stereocenters. The number of alkyl halides is 2. The molecule has 0 bridgehead atoms. The molecule has 1 aromatic rings. The van der Waals surface area contributed by atoms with E-state index in [1.54, 1.807) is 6.07 Å². The van der Waals surface area contributed by atoms with Crippen molar-refractivity contribution in [2.45, 2.75) is 57.1 Å². The normalized spacial score (nSPS) is 29.9. The molecule has 3 saturated heterocycles. The lowest BCUT2D eigenvalue weighted by molar-refractivity contribution is -0.245. The van der Waals surface area contributed by atoms with Crippen LogP contribution in [0.15, 0.2) is 36.9 Å². The maximum atomic E-state index is 15.6. The smallest absolute Gasteiger partial charge is 0.276 e. The lowest BCUT2D eigenvalue weighted by Gasteiger charge is -2.59. The molecule has 0 saturated carbocycles. The monoisotopic (exact) mass is 480 g/mol. The van der Waals surface area contributed by atoms with Gasteiger partial charge >= 0.3 is 0 Å². The van der Waals surface area contributed by atoms with Crippen molar-refractivity contribution in [2.75, 3.05) is 26.2 Å². The fraction of sp³-hybridized carbons (Fsp3) is 0.600. The minimum absolute atomic E-state index is 0.0137. The number of amides is 2. The largest absolute Gasteiger partial charge is 0.375 e. The van der Waals surface area contributed by atoms with E-state index in [1.165, 1.54) is 16.7 Å². The Balaban J connectivity index is 1.57. The van der Waals surface area contributed by atoms with E-state index in [4.69, 9.17) is 16.3 Å². The molecular formula is C25H31ClF2N2O3. The Hall–Kier alpha value is -1.99. The number of piperidine rings is 1. The summed E-state index contributed by atoms with van der Waals surface area (Å²) in [6, 6.07) is 6.12. The summed E-state index contributed by atoms with van der Waals surface area (Å²) in [4.78, 5) is 28.2. The van der Waals surface area contributed by atoms with Crippen LogP contribution in [0, 0.1) is 11.3 Å². The topological polar surface area (TPSA) is 49.9 Å². The van der Waals surface area contributed by atoms with E-state index in [-0.39, 0.29) is 50.4 Å². The summed E-state index contributed by atoms with van der Waals surface area (Å²) < 4.78 is 37.2. The van der Waals surface area contributed by atoms with E-state index in [2.05, 4.69) is 6.58 Å². The summed E-state index contributed by atoms with van der Waals surface area (Å²) in [6.45, 7) is 9.12. The van der Waals surface area contributed by atoms with Gasteiger partial charge in [-0.1, -0.05) is 36.4 Å². The molecule has 3 atom stereocenters. The minimum Gasteiger partial charge on any atom is -0.375 e. The Kier molecular flexibility index (Phi) is 6.11. The first-order valence-corrected chi connectivity index (χ1v) is 11.8. The number of carbonyl (C=O) groups excluding carboxylic acids is 2. The van der Waals surface area contributed by atoms with Crippen LogP contribution >= 0.6 is 11.6 Å². The first kappa shape index (κ1) is 24.1. The van der Waals surface area contributed by atoms with Crippen LogP contribution in [0.25, 0.3) is 0 Å². The lowest BCUT2D eigenvalue weighted by atomic mass is 9.66. The zero-order valence-electron chi connectivity index (χ0n) is 19.3. The van der Waals surface area contributed by atoms with Gasteiger partial charge < -0.3 is 14.5 Å². The van der Waals surface area contributed by atoms with Crippen LogP contribution in [0.3, 0.4) is 0 Å². The highest BCUT2D eigenvalue weighted by Crippen LogP contribution is 2.53. The second-order valence-corrected chi connectivity index (χ2v) is 10.7. The van der Waals surface area contributed by atoms with Gasteiger partial charge in [0.15, 0.2) is 0 Å². The molecule has 0 aromatic heterocycles. The molecule has 1 spiro atoms. The first-order chi connectivity index (χ1) is 15.4. The lowest BCUT2D eigenvalue weighted by Crippen LogP contribution is -2.74. The van der Waals surface area contributed by atoms with Crippen molar-refractivity contribution in [1.29, 1.82) is 0 Å². The molecule has 0 N–H and O–H groups in total. The average Bonchev–Trinajstić information content (AvgIpc) is 2.73. The first-order valence-electron chi connectivity index (χ1n) is 11.4. The van der Waals surface area contributed by atoms with Crippen LogP contribution in [0.5, 0.6) is 0 Å². The maximum absolute atomic E-state index is 15.6. The van der Waals surface area contributed by atoms with Crippen LogP contribution < -0.4 is 0 Å². The molecule has 3 aliphatic rings. The third-order valence-corrected chi connectivity index (χ3v) is 8.10. The Morgan fingerprint density at radius 3 is 2.55 bits per heavy atom. The number of likely N-dealkylation sites (tertiary alicyclic amines) is 2. The summed E-state index contributed by atoms with van der Waals surface area (Å²) in [6.07, 6.45) is 1.85. The molecule has 0 aliphatic carbocycles. The number of nitrogens with zero attached hydrogens (tertiary/aromatic N) is 2. The zero-order chi connectivity index (χ0) is 24.2. The third-order valence-electron chi connectivity index (χ3n) is 7.76. The summed E-state index contributed by atoms with van der Waals surface area (Å²) >= 11 is 6.47. The molecular weight excluding hydrogens is 450 g/mol. The predicted octanol–water partition coefficient (Wildman–Crippen LogP) is 4.51. The van der Waals surface area contributed by atoms with Crippen molar-refractivity contribution >= 4 is 23.4 Å². The third kappa shape index (κ3) is 3.97. The van der Waals surface area contributed by atoms with E-state index >= 15 is 8.78 Å². The summed E-state index contributed by atoms with van der Waals surface area (Å²) in [7, 11) is 0. The van der Waals surface area contributed by atoms with Crippen molar-refractivity contribution in [1.82, 2.24) is 9.80 Å². The van der Waals surface area contributed by atoms with Crippen LogP contribution in [-0.2, 0) is 14.3 Å². The predicted molar refractivity (Wildman–Crippen MR) is 122 cm³/mol. The molecule has 3 aliphatic heterocycles. The molecule has 3 fully saturated rings. The molecule has 3 heterocycles. The van der Waals surface area contributed by atoms with Crippen molar-refractivity contribution < 1.29 is 23.1 Å². The number of hydrogen-bond acceptors (Lipinski definition) is 3. The van der Waals surface area contributed by atoms with Crippen LogP contribution in [-0.4, -0.2) is 65.4 Å². The fourth-order valence-electron chi connectivity index (χ4n) is 5.69. The highest BCUT2D eigenvalue weighted by molar-refractivity contribution is 6.31. The quantitative estimate of drug-likeness (QED) is 0.598. The van der Waals surface area contributed by atoms with Crippen LogP contribution in [0.1, 0.15) is 45.1 Å². The van der Waals surface area contributed by atoms with E-state index in [1.807, 2.05) is 32.0 Å². The Morgan fingerprint density at radius 1 is 1.24 bits per heavy atom. The fourth-order valence-corrected chi connectivity index (χ4v) is 5.97. The maximum Gasteiger partial charge on any atom is 0.276 e. The van der Waals surface area contributed by atoms with Gasteiger partial charge in [0.1, 0.15) is 0 Å². The van der Waals surface area contributed by atoms with Crippen molar-refractivity contribution in [3.8, 4) is 0 Å². The highest BCUT2D eigenvalue weighted by atomic mass is 35.5. The molecule has 8 heteroatoms. The van der Waals surface area contributed by atoms with Crippen molar-refractivity contribution in [3.63, 3.8) is 0 Å². The molecule has 1 aromatic carbocycles. The van der Waals surface area contributed by atoms with Crippen molar-refractivity contribution in [2.24, 2.45) is 11.3 Å².